The van der Waals surface area contributed by atoms with Crippen molar-refractivity contribution in [1.82, 2.24) is 9.47 Å². The second-order valence-electron chi connectivity index (χ2n) is 8.62. The molecule has 1 aromatic heterocycles. The van der Waals surface area contributed by atoms with E-state index >= 15 is 0 Å². The number of rotatable bonds is 6. The molecule has 9 heteroatoms. The molecular weight excluding hydrogens is 529 g/mol. The molecule has 6 nitrogen and oxygen atoms in total. The maximum atomic E-state index is 13.1. The van der Waals surface area contributed by atoms with Crippen LogP contribution in [0.2, 0.25) is 10.0 Å². The highest BCUT2D eigenvalue weighted by atomic mass is 35.5. The Hall–Kier alpha value is -3.52. The van der Waals surface area contributed by atoms with Crippen molar-refractivity contribution in [3.63, 3.8) is 0 Å². The van der Waals surface area contributed by atoms with Crippen molar-refractivity contribution in [3.8, 4) is 0 Å². The fraction of sp³-hybridized carbons (Fsp3) is 0.107. The van der Waals surface area contributed by atoms with Crippen molar-refractivity contribution in [2.45, 2.75) is 13.5 Å². The summed E-state index contributed by atoms with van der Waals surface area (Å²) in [6.07, 6.45) is 3.60. The van der Waals surface area contributed by atoms with Crippen LogP contribution in [0.4, 0.5) is 10.5 Å². The van der Waals surface area contributed by atoms with E-state index in [2.05, 4.69) is 5.32 Å². The van der Waals surface area contributed by atoms with E-state index in [0.29, 0.717) is 22.3 Å². The Kier molecular flexibility index (Phi) is 7.11. The Morgan fingerprint density at radius 2 is 1.73 bits per heavy atom. The van der Waals surface area contributed by atoms with E-state index < -0.39 is 17.1 Å². The van der Waals surface area contributed by atoms with Crippen LogP contribution >= 0.6 is 35.0 Å². The summed E-state index contributed by atoms with van der Waals surface area (Å²) in [5.74, 6) is -0.942. The summed E-state index contributed by atoms with van der Waals surface area (Å²) >= 11 is 13.6. The first-order valence-electron chi connectivity index (χ1n) is 11.4. The van der Waals surface area contributed by atoms with Crippen LogP contribution in [0.3, 0.4) is 0 Å². The van der Waals surface area contributed by atoms with Crippen molar-refractivity contribution < 1.29 is 14.4 Å². The molecule has 1 aliphatic heterocycles. The number of halogens is 2. The molecule has 5 rings (SSSR count). The summed E-state index contributed by atoms with van der Waals surface area (Å²) in [5, 5.41) is 4.30. The summed E-state index contributed by atoms with van der Waals surface area (Å²) in [6.45, 7) is 1.99. The average molecular weight is 550 g/mol. The second-order valence-corrected chi connectivity index (χ2v) is 10.4. The molecule has 4 aromatic rings. The zero-order chi connectivity index (χ0) is 26.1. The number of carbonyl (C=O) groups is 3. The number of aromatic nitrogens is 1. The highest BCUT2D eigenvalue weighted by molar-refractivity contribution is 8.18. The Labute approximate surface area is 227 Å². The summed E-state index contributed by atoms with van der Waals surface area (Å²) < 4.78 is 2.01. The third-order valence-corrected chi connectivity index (χ3v) is 7.59. The molecule has 0 atom stereocenters. The second kappa shape index (κ2) is 10.5. The van der Waals surface area contributed by atoms with Crippen LogP contribution in [0.25, 0.3) is 17.0 Å². The number of benzene rings is 3. The average Bonchev–Trinajstić information content (AvgIpc) is 3.33. The van der Waals surface area contributed by atoms with E-state index in [1.165, 1.54) is 0 Å². The number of nitrogens with one attached hydrogen (secondary N) is 1. The summed E-state index contributed by atoms with van der Waals surface area (Å²) in [6, 6.07) is 20.4. The monoisotopic (exact) mass is 549 g/mol. The number of para-hydroxylation sites is 1. The Morgan fingerprint density at radius 3 is 2.49 bits per heavy atom. The van der Waals surface area contributed by atoms with Crippen LogP contribution in [-0.2, 0) is 16.1 Å². The lowest BCUT2D eigenvalue weighted by atomic mass is 10.1. The van der Waals surface area contributed by atoms with E-state index in [1.54, 1.807) is 30.3 Å². The van der Waals surface area contributed by atoms with Gasteiger partial charge < -0.3 is 9.88 Å². The highest BCUT2D eigenvalue weighted by Gasteiger charge is 2.36. The van der Waals surface area contributed by atoms with Crippen LogP contribution in [0.1, 0.15) is 16.7 Å². The molecule has 1 fully saturated rings. The zero-order valence-corrected chi connectivity index (χ0v) is 22.0. The molecule has 3 aromatic carbocycles. The SMILES string of the molecule is Cc1cccc(NC(=O)CN2C(=O)S/C(=C\c3cn(Cc4c(Cl)cccc4Cl)c4ccccc34)C2=O)c1. The first kappa shape index (κ1) is 25.1. The van der Waals surface area contributed by atoms with Gasteiger partial charge in [0.1, 0.15) is 6.54 Å². The van der Waals surface area contributed by atoms with Gasteiger partial charge in [0.15, 0.2) is 0 Å². The van der Waals surface area contributed by atoms with Gasteiger partial charge in [-0.05, 0) is 60.7 Å². The predicted octanol–water partition coefficient (Wildman–Crippen LogP) is 6.98. The number of hydrogen-bond donors (Lipinski definition) is 1. The van der Waals surface area contributed by atoms with Gasteiger partial charge in [0.2, 0.25) is 5.91 Å². The van der Waals surface area contributed by atoms with E-state index in [4.69, 9.17) is 23.2 Å². The first-order valence-corrected chi connectivity index (χ1v) is 13.0. The summed E-state index contributed by atoms with van der Waals surface area (Å²) in [5.41, 5.74) is 4.09. The topological polar surface area (TPSA) is 71.4 Å². The fourth-order valence-corrected chi connectivity index (χ4v) is 5.57. The van der Waals surface area contributed by atoms with Gasteiger partial charge in [-0.1, -0.05) is 59.6 Å². The predicted molar refractivity (Wildman–Crippen MR) is 150 cm³/mol. The minimum atomic E-state index is -0.500. The maximum Gasteiger partial charge on any atom is 0.294 e. The molecule has 2 heterocycles. The third-order valence-electron chi connectivity index (χ3n) is 5.97. The molecule has 186 valence electrons. The van der Waals surface area contributed by atoms with E-state index in [0.717, 1.165) is 44.3 Å². The summed E-state index contributed by atoms with van der Waals surface area (Å²) in [4.78, 5) is 39.5. The quantitative estimate of drug-likeness (QED) is 0.263. The zero-order valence-electron chi connectivity index (χ0n) is 19.7. The number of amides is 3. The summed E-state index contributed by atoms with van der Waals surface area (Å²) in [7, 11) is 0. The van der Waals surface area contributed by atoms with Crippen molar-refractivity contribution in [3.05, 3.63) is 105 Å². The van der Waals surface area contributed by atoms with Crippen molar-refractivity contribution in [2.24, 2.45) is 0 Å². The first-order chi connectivity index (χ1) is 17.8. The number of fused-ring (bicyclic) bond motifs is 1. The van der Waals surface area contributed by atoms with Crippen molar-refractivity contribution >= 4 is 74.7 Å². The molecule has 37 heavy (non-hydrogen) atoms. The normalized spacial score (nSPS) is 14.7. The molecular formula is C28H21Cl2N3O3S. The molecule has 0 bridgehead atoms. The minimum absolute atomic E-state index is 0.257. The molecule has 0 radical (unpaired) electrons. The van der Waals surface area contributed by atoms with Crippen LogP contribution in [0.15, 0.2) is 77.8 Å². The van der Waals surface area contributed by atoms with Crippen LogP contribution < -0.4 is 5.32 Å². The Balaban J connectivity index is 1.40. The van der Waals surface area contributed by atoms with Gasteiger partial charge in [-0.3, -0.25) is 19.3 Å². The number of anilines is 1. The number of thioether (sulfide) groups is 1. The lowest BCUT2D eigenvalue weighted by Gasteiger charge is -2.12. The van der Waals surface area contributed by atoms with E-state index in [1.807, 2.05) is 60.2 Å². The van der Waals surface area contributed by atoms with Gasteiger partial charge in [0.25, 0.3) is 11.1 Å². The molecule has 0 saturated carbocycles. The lowest BCUT2D eigenvalue weighted by molar-refractivity contribution is -0.127. The Bertz CT molecular complexity index is 1570. The van der Waals surface area contributed by atoms with Gasteiger partial charge in [0, 0.05) is 44.0 Å². The highest BCUT2D eigenvalue weighted by Crippen LogP contribution is 2.35. The number of imide groups is 1. The fourth-order valence-electron chi connectivity index (χ4n) is 4.22. The molecule has 0 aliphatic carbocycles. The van der Waals surface area contributed by atoms with E-state index in [-0.39, 0.29) is 11.4 Å². The molecule has 0 unspecified atom stereocenters. The van der Waals surface area contributed by atoms with Gasteiger partial charge in [-0.25, -0.2) is 0 Å². The lowest BCUT2D eigenvalue weighted by Crippen LogP contribution is -2.36. The molecule has 3 amide bonds. The van der Waals surface area contributed by atoms with Crippen molar-refractivity contribution in [1.29, 1.82) is 0 Å². The number of carbonyl (C=O) groups excluding carboxylic acids is 3. The minimum Gasteiger partial charge on any atom is -0.342 e. The van der Waals surface area contributed by atoms with Crippen molar-refractivity contribution in [2.75, 3.05) is 11.9 Å². The van der Waals surface area contributed by atoms with Crippen LogP contribution in [-0.4, -0.2) is 33.1 Å². The molecule has 1 aliphatic rings. The van der Waals surface area contributed by atoms with Gasteiger partial charge in [0.05, 0.1) is 11.4 Å². The number of hydrogen-bond acceptors (Lipinski definition) is 4. The van der Waals surface area contributed by atoms with Gasteiger partial charge in [-0.15, -0.1) is 0 Å². The van der Waals surface area contributed by atoms with Crippen LogP contribution in [0.5, 0.6) is 0 Å². The molecule has 1 saturated heterocycles. The largest absolute Gasteiger partial charge is 0.342 e. The number of nitrogens with zero attached hydrogens (tertiary/aromatic N) is 2. The third kappa shape index (κ3) is 5.30. The van der Waals surface area contributed by atoms with E-state index in [9.17, 15) is 14.4 Å². The maximum absolute atomic E-state index is 13.1. The smallest absolute Gasteiger partial charge is 0.294 e. The van der Waals surface area contributed by atoms with Gasteiger partial charge >= 0.3 is 0 Å². The molecule has 1 N–H and O–H groups in total. The molecule has 0 spiro atoms. The Morgan fingerprint density at radius 1 is 1.00 bits per heavy atom. The van der Waals surface area contributed by atoms with Crippen LogP contribution in [0, 0.1) is 6.92 Å². The van der Waals surface area contributed by atoms with Gasteiger partial charge in [-0.2, -0.15) is 0 Å². The standard InChI is InChI=1S/C28H21Cl2N3O3S/c1-17-6-4-7-19(12-17)31-26(34)16-33-27(35)25(37-28(33)36)13-18-14-32(24-11-3-2-8-20(18)24)15-21-22(29)9-5-10-23(21)30/h2-14H,15-16H2,1H3,(H,31,34)/b25-13-. The number of aryl methyl sites for hydroxylation is 1.